The molecule has 0 atom stereocenters. The Morgan fingerprint density at radius 3 is 1.54 bits per heavy atom. The van der Waals surface area contributed by atoms with Crippen LogP contribution in [0.1, 0.15) is 0 Å². The first-order valence-electron chi connectivity index (χ1n) is 8.14. The molecule has 0 amide bonds. The van der Waals surface area contributed by atoms with Crippen molar-refractivity contribution in [2.24, 2.45) is 0 Å². The third kappa shape index (κ3) is 2.87. The minimum absolute atomic E-state index is 1.14. The zero-order valence-electron chi connectivity index (χ0n) is 13.3. The van der Waals surface area contributed by atoms with Gasteiger partial charge in [-0.15, -0.1) is 0 Å². The fourth-order valence-electron chi connectivity index (χ4n) is 2.98. The van der Waals surface area contributed by atoms with Gasteiger partial charge in [0.05, 0.1) is 0 Å². The Bertz CT molecular complexity index is 923. The monoisotopic (exact) mass is 305 g/mol. The molecule has 0 saturated carbocycles. The lowest BCUT2D eigenvalue weighted by Crippen LogP contribution is -1.87. The van der Waals surface area contributed by atoms with Crippen LogP contribution in [-0.2, 0) is 0 Å². The van der Waals surface area contributed by atoms with Gasteiger partial charge in [-0.25, -0.2) is 0 Å². The maximum atomic E-state index is 3.52. The highest BCUT2D eigenvalue weighted by Gasteiger charge is 2.09. The van der Waals surface area contributed by atoms with E-state index in [1.807, 2.05) is 12.1 Å². The summed E-state index contributed by atoms with van der Waals surface area (Å²) in [7, 11) is 0. The summed E-state index contributed by atoms with van der Waals surface area (Å²) in [6.07, 6.45) is 0. The second-order valence-electron chi connectivity index (χ2n) is 5.78. The van der Waals surface area contributed by atoms with E-state index in [4.69, 9.17) is 0 Å². The molecule has 0 spiro atoms. The average Bonchev–Trinajstić information content (AvgIpc) is 2.69. The van der Waals surface area contributed by atoms with Crippen molar-refractivity contribution in [3.8, 4) is 33.4 Å². The second kappa shape index (κ2) is 6.55. The first kappa shape index (κ1) is 14.5. The van der Waals surface area contributed by atoms with Gasteiger partial charge >= 0.3 is 0 Å². The van der Waals surface area contributed by atoms with Gasteiger partial charge in [0.15, 0.2) is 0 Å². The van der Waals surface area contributed by atoms with Crippen LogP contribution in [0.5, 0.6) is 0 Å². The Balaban J connectivity index is 1.92. The molecular formula is C24H17. The molecule has 0 heterocycles. The third-order valence-corrected chi connectivity index (χ3v) is 4.20. The molecule has 0 saturated heterocycles. The summed E-state index contributed by atoms with van der Waals surface area (Å²) >= 11 is 0. The zero-order valence-corrected chi connectivity index (χ0v) is 13.3. The first-order chi connectivity index (χ1) is 11.9. The summed E-state index contributed by atoms with van der Waals surface area (Å²) < 4.78 is 0. The third-order valence-electron chi connectivity index (χ3n) is 4.20. The molecule has 0 aliphatic carbocycles. The Hall–Kier alpha value is -3.12. The zero-order chi connectivity index (χ0) is 16.2. The highest BCUT2D eigenvalue weighted by Crippen LogP contribution is 2.35. The largest absolute Gasteiger partial charge is 0.0622 e. The Kier molecular flexibility index (Phi) is 3.95. The molecule has 0 aromatic heterocycles. The predicted molar refractivity (Wildman–Crippen MR) is 102 cm³/mol. The molecule has 0 aliphatic rings. The quantitative estimate of drug-likeness (QED) is 0.406. The fourth-order valence-corrected chi connectivity index (χ4v) is 2.98. The number of hydrogen-bond donors (Lipinski definition) is 0. The van der Waals surface area contributed by atoms with E-state index in [0.717, 1.165) is 5.56 Å². The van der Waals surface area contributed by atoms with Crippen molar-refractivity contribution in [2.75, 3.05) is 0 Å². The molecule has 0 nitrogen and oxygen atoms in total. The minimum atomic E-state index is 1.14. The van der Waals surface area contributed by atoms with Crippen LogP contribution in [0.2, 0.25) is 0 Å². The molecule has 4 aromatic rings. The Labute approximate surface area is 143 Å². The molecule has 0 aliphatic heterocycles. The van der Waals surface area contributed by atoms with E-state index >= 15 is 0 Å². The molecule has 0 heteroatoms. The van der Waals surface area contributed by atoms with Crippen molar-refractivity contribution in [1.82, 2.24) is 0 Å². The van der Waals surface area contributed by atoms with Gasteiger partial charge in [0.1, 0.15) is 0 Å². The van der Waals surface area contributed by atoms with Crippen LogP contribution < -0.4 is 0 Å². The fraction of sp³-hybridized carbons (Fsp3) is 0. The van der Waals surface area contributed by atoms with E-state index in [9.17, 15) is 0 Å². The van der Waals surface area contributed by atoms with Crippen molar-refractivity contribution >= 4 is 0 Å². The standard InChI is InChI=1S/C24H17/c1-4-10-19(11-5-1)22-16-17-23(20-12-6-2-7-13-20)24(18-22)21-14-8-3-9-15-21/h1-16,18H. The van der Waals surface area contributed by atoms with Crippen LogP contribution in [0.4, 0.5) is 0 Å². The summed E-state index contributed by atoms with van der Waals surface area (Å²) in [6.45, 7) is 0. The van der Waals surface area contributed by atoms with Crippen molar-refractivity contribution in [2.45, 2.75) is 0 Å². The van der Waals surface area contributed by atoms with Crippen LogP contribution in [0.25, 0.3) is 33.4 Å². The summed E-state index contributed by atoms with van der Waals surface area (Å²) in [5, 5.41) is 0. The van der Waals surface area contributed by atoms with E-state index in [1.165, 1.54) is 27.8 Å². The van der Waals surface area contributed by atoms with Gasteiger partial charge in [0.2, 0.25) is 0 Å². The maximum absolute atomic E-state index is 3.52. The summed E-state index contributed by atoms with van der Waals surface area (Å²) in [4.78, 5) is 0. The molecule has 0 N–H and O–H groups in total. The van der Waals surface area contributed by atoms with Gasteiger partial charge in [0.25, 0.3) is 0 Å². The SMILES string of the molecule is [c]1cc(-c2ccccc2)cc(-c2ccccc2)c1-c1ccccc1. The van der Waals surface area contributed by atoms with E-state index in [0.29, 0.717) is 0 Å². The van der Waals surface area contributed by atoms with Gasteiger partial charge < -0.3 is 0 Å². The topological polar surface area (TPSA) is 0 Å². The molecule has 4 rings (SSSR count). The van der Waals surface area contributed by atoms with Crippen molar-refractivity contribution in [1.29, 1.82) is 0 Å². The predicted octanol–water partition coefficient (Wildman–Crippen LogP) is 6.49. The van der Waals surface area contributed by atoms with E-state index in [2.05, 4.69) is 97.1 Å². The minimum Gasteiger partial charge on any atom is -0.0622 e. The van der Waals surface area contributed by atoms with E-state index in [-0.39, 0.29) is 0 Å². The van der Waals surface area contributed by atoms with Crippen LogP contribution in [0, 0.1) is 6.07 Å². The van der Waals surface area contributed by atoms with Gasteiger partial charge in [0, 0.05) is 0 Å². The Morgan fingerprint density at radius 2 is 0.958 bits per heavy atom. The van der Waals surface area contributed by atoms with Gasteiger partial charge in [-0.05, 0) is 51.6 Å². The molecule has 24 heavy (non-hydrogen) atoms. The number of benzene rings is 4. The molecule has 0 bridgehead atoms. The van der Waals surface area contributed by atoms with Crippen molar-refractivity contribution in [3.05, 3.63) is 109 Å². The number of hydrogen-bond acceptors (Lipinski definition) is 0. The van der Waals surface area contributed by atoms with Crippen LogP contribution in [0.3, 0.4) is 0 Å². The highest BCUT2D eigenvalue weighted by atomic mass is 14.1. The average molecular weight is 305 g/mol. The highest BCUT2D eigenvalue weighted by molar-refractivity contribution is 5.86. The number of rotatable bonds is 3. The summed E-state index contributed by atoms with van der Waals surface area (Å²) in [6, 6.07) is 39.3. The molecule has 0 unspecified atom stereocenters. The van der Waals surface area contributed by atoms with Gasteiger partial charge in [-0.3, -0.25) is 0 Å². The lowest BCUT2D eigenvalue weighted by Gasteiger charge is -2.12. The van der Waals surface area contributed by atoms with Crippen molar-refractivity contribution < 1.29 is 0 Å². The molecule has 1 radical (unpaired) electrons. The Morgan fingerprint density at radius 1 is 0.458 bits per heavy atom. The molecular weight excluding hydrogens is 288 g/mol. The van der Waals surface area contributed by atoms with E-state index in [1.54, 1.807) is 0 Å². The van der Waals surface area contributed by atoms with Gasteiger partial charge in [-0.1, -0.05) is 91.0 Å². The maximum Gasteiger partial charge on any atom is -0.00262 e. The van der Waals surface area contributed by atoms with Crippen LogP contribution >= 0.6 is 0 Å². The lowest BCUT2D eigenvalue weighted by molar-refractivity contribution is 1.55. The van der Waals surface area contributed by atoms with Crippen LogP contribution in [-0.4, -0.2) is 0 Å². The molecule has 4 aromatic carbocycles. The van der Waals surface area contributed by atoms with Gasteiger partial charge in [-0.2, -0.15) is 0 Å². The molecule has 0 fully saturated rings. The lowest BCUT2D eigenvalue weighted by atomic mass is 9.91. The second-order valence-corrected chi connectivity index (χ2v) is 5.78. The van der Waals surface area contributed by atoms with E-state index < -0.39 is 0 Å². The normalized spacial score (nSPS) is 10.5. The summed E-state index contributed by atoms with van der Waals surface area (Å²) in [5.41, 5.74) is 7.16. The summed E-state index contributed by atoms with van der Waals surface area (Å²) in [5.74, 6) is 0. The molecule has 113 valence electrons. The smallest absolute Gasteiger partial charge is 0.00262 e. The van der Waals surface area contributed by atoms with Crippen molar-refractivity contribution in [3.63, 3.8) is 0 Å². The van der Waals surface area contributed by atoms with Crippen LogP contribution in [0.15, 0.2) is 103 Å². The first-order valence-corrected chi connectivity index (χ1v) is 8.14.